The van der Waals surface area contributed by atoms with Crippen molar-refractivity contribution >= 4 is 5.97 Å². The second-order valence-corrected chi connectivity index (χ2v) is 4.81. The van der Waals surface area contributed by atoms with Gasteiger partial charge in [-0.2, -0.15) is 18.4 Å². The summed E-state index contributed by atoms with van der Waals surface area (Å²) >= 11 is 0. The zero-order valence-corrected chi connectivity index (χ0v) is 12.4. The van der Waals surface area contributed by atoms with Gasteiger partial charge in [0.1, 0.15) is 11.8 Å². The van der Waals surface area contributed by atoms with E-state index in [2.05, 4.69) is 10.3 Å². The molecule has 1 aromatic heterocycles. The molecule has 0 bridgehead atoms. The number of nitrogens with zero attached hydrogens (tertiary/aromatic N) is 2. The first-order valence-electron chi connectivity index (χ1n) is 6.72. The summed E-state index contributed by atoms with van der Waals surface area (Å²) in [6.45, 7) is 4.60. The molecule has 1 atom stereocenters. The Kier molecular flexibility index (Phi) is 6.93. The van der Waals surface area contributed by atoms with Crippen molar-refractivity contribution in [3.8, 4) is 6.07 Å². The van der Waals surface area contributed by atoms with Crippen LogP contribution in [0.2, 0.25) is 0 Å². The molecule has 1 aliphatic heterocycles. The molecule has 0 spiro atoms. The topological polar surface area (TPSA) is 95.2 Å². The number of aromatic nitrogens is 1. The number of carboxylic acids is 1. The van der Waals surface area contributed by atoms with Crippen molar-refractivity contribution in [1.82, 2.24) is 10.3 Å². The van der Waals surface area contributed by atoms with Gasteiger partial charge in [-0.25, -0.2) is 9.78 Å². The standard InChI is InChI=1S/C12H15N3O.C2HF3O2/c1-9-4-11(6-13)15-7-10(9)5-12-8-14-2-3-16-12;3-2(4,5)1(6)7/h4,7,12,14H,2-3,5,8H2,1H3;(H,6,7). The molecule has 1 unspecified atom stereocenters. The van der Waals surface area contributed by atoms with E-state index in [1.807, 2.05) is 19.1 Å². The summed E-state index contributed by atoms with van der Waals surface area (Å²) in [6.07, 6.45) is -2.22. The van der Waals surface area contributed by atoms with Crippen molar-refractivity contribution < 1.29 is 27.8 Å². The number of nitrogens with one attached hydrogen (secondary N) is 1. The first-order chi connectivity index (χ1) is 10.7. The Balaban J connectivity index is 0.000000322. The SMILES string of the molecule is Cc1cc(C#N)ncc1CC1CNCCO1.O=C(O)C(F)(F)F. The molecule has 0 radical (unpaired) electrons. The monoisotopic (exact) mass is 331 g/mol. The molecule has 2 heterocycles. The van der Waals surface area contributed by atoms with Crippen molar-refractivity contribution in [2.45, 2.75) is 25.6 Å². The summed E-state index contributed by atoms with van der Waals surface area (Å²) in [5, 5.41) is 19.2. The van der Waals surface area contributed by atoms with Gasteiger partial charge in [-0.3, -0.25) is 0 Å². The lowest BCUT2D eigenvalue weighted by Crippen LogP contribution is -2.39. The van der Waals surface area contributed by atoms with Gasteiger partial charge < -0.3 is 15.2 Å². The third kappa shape index (κ3) is 6.63. The van der Waals surface area contributed by atoms with Gasteiger partial charge in [0.15, 0.2) is 0 Å². The number of morpholine rings is 1. The molecule has 0 amide bonds. The summed E-state index contributed by atoms with van der Waals surface area (Å²) in [4.78, 5) is 13.0. The number of carboxylic acid groups (broad SMARTS) is 1. The van der Waals surface area contributed by atoms with Crippen LogP contribution in [0.25, 0.3) is 0 Å². The fraction of sp³-hybridized carbons (Fsp3) is 0.500. The van der Waals surface area contributed by atoms with Crippen molar-refractivity contribution in [2.75, 3.05) is 19.7 Å². The van der Waals surface area contributed by atoms with E-state index in [9.17, 15) is 13.2 Å². The van der Waals surface area contributed by atoms with Crippen LogP contribution in [0.15, 0.2) is 12.3 Å². The first-order valence-corrected chi connectivity index (χ1v) is 6.72. The number of halogens is 3. The van der Waals surface area contributed by atoms with Crippen LogP contribution in [0, 0.1) is 18.3 Å². The Hall–Kier alpha value is -2.18. The lowest BCUT2D eigenvalue weighted by atomic mass is 10.0. The second kappa shape index (κ2) is 8.45. The highest BCUT2D eigenvalue weighted by Crippen LogP contribution is 2.13. The van der Waals surface area contributed by atoms with Crippen LogP contribution in [-0.4, -0.2) is 48.0 Å². The van der Waals surface area contributed by atoms with Gasteiger partial charge in [0.05, 0.1) is 12.7 Å². The molecule has 9 heteroatoms. The lowest BCUT2D eigenvalue weighted by Gasteiger charge is -2.24. The van der Waals surface area contributed by atoms with E-state index in [0.717, 1.165) is 37.2 Å². The quantitative estimate of drug-likeness (QED) is 0.851. The summed E-state index contributed by atoms with van der Waals surface area (Å²) in [5.41, 5.74) is 2.75. The van der Waals surface area contributed by atoms with E-state index in [-0.39, 0.29) is 6.10 Å². The molecule has 0 saturated carbocycles. The van der Waals surface area contributed by atoms with E-state index in [1.165, 1.54) is 0 Å². The molecule has 0 aliphatic carbocycles. The normalized spacial score (nSPS) is 17.6. The van der Waals surface area contributed by atoms with Crippen LogP contribution in [-0.2, 0) is 16.0 Å². The van der Waals surface area contributed by atoms with Gasteiger partial charge in [0, 0.05) is 25.7 Å². The predicted molar refractivity (Wildman–Crippen MR) is 73.7 cm³/mol. The second-order valence-electron chi connectivity index (χ2n) is 4.81. The number of rotatable bonds is 2. The molecule has 1 aromatic rings. The molecular formula is C14H16F3N3O3. The van der Waals surface area contributed by atoms with Crippen LogP contribution in [0.4, 0.5) is 13.2 Å². The first kappa shape index (κ1) is 18.9. The maximum Gasteiger partial charge on any atom is 0.490 e. The number of pyridine rings is 1. The Bertz CT molecular complexity index is 579. The Labute approximate surface area is 130 Å². The molecular weight excluding hydrogens is 315 g/mol. The Morgan fingerprint density at radius 1 is 1.61 bits per heavy atom. The van der Waals surface area contributed by atoms with E-state index in [1.54, 1.807) is 6.20 Å². The molecule has 1 fully saturated rings. The summed E-state index contributed by atoms with van der Waals surface area (Å²) in [5.74, 6) is -2.76. The number of alkyl halides is 3. The highest BCUT2D eigenvalue weighted by Gasteiger charge is 2.38. The minimum atomic E-state index is -5.08. The fourth-order valence-electron chi connectivity index (χ4n) is 1.86. The molecule has 6 nitrogen and oxygen atoms in total. The van der Waals surface area contributed by atoms with E-state index >= 15 is 0 Å². The lowest BCUT2D eigenvalue weighted by molar-refractivity contribution is -0.192. The number of aryl methyl sites for hydroxylation is 1. The third-order valence-electron chi connectivity index (χ3n) is 3.03. The molecule has 2 rings (SSSR count). The fourth-order valence-corrected chi connectivity index (χ4v) is 1.86. The summed E-state index contributed by atoms with van der Waals surface area (Å²) in [7, 11) is 0. The van der Waals surface area contributed by atoms with Gasteiger partial charge in [-0.15, -0.1) is 0 Å². The van der Waals surface area contributed by atoms with Crippen LogP contribution >= 0.6 is 0 Å². The minimum Gasteiger partial charge on any atom is -0.475 e. The molecule has 126 valence electrons. The van der Waals surface area contributed by atoms with Crippen molar-refractivity contribution in [3.63, 3.8) is 0 Å². The van der Waals surface area contributed by atoms with Crippen LogP contribution < -0.4 is 5.32 Å². The van der Waals surface area contributed by atoms with Gasteiger partial charge >= 0.3 is 12.1 Å². The van der Waals surface area contributed by atoms with Crippen molar-refractivity contribution in [3.05, 3.63) is 29.1 Å². The van der Waals surface area contributed by atoms with Gasteiger partial charge in [-0.1, -0.05) is 0 Å². The molecule has 0 aromatic carbocycles. The van der Waals surface area contributed by atoms with Crippen LogP contribution in [0.5, 0.6) is 0 Å². The molecule has 2 N–H and O–H groups in total. The largest absolute Gasteiger partial charge is 0.490 e. The molecule has 1 aliphatic rings. The highest BCUT2D eigenvalue weighted by molar-refractivity contribution is 5.73. The number of aliphatic carboxylic acids is 1. The Morgan fingerprint density at radius 2 is 2.26 bits per heavy atom. The molecule has 23 heavy (non-hydrogen) atoms. The summed E-state index contributed by atoms with van der Waals surface area (Å²) < 4.78 is 37.4. The van der Waals surface area contributed by atoms with E-state index in [0.29, 0.717) is 5.69 Å². The van der Waals surface area contributed by atoms with Gasteiger partial charge in [-0.05, 0) is 24.1 Å². The number of nitriles is 1. The zero-order chi connectivity index (χ0) is 17.5. The molecule has 1 saturated heterocycles. The average Bonchev–Trinajstić information content (AvgIpc) is 2.50. The van der Waals surface area contributed by atoms with Gasteiger partial charge in [0.2, 0.25) is 0 Å². The minimum absolute atomic E-state index is 0.224. The van der Waals surface area contributed by atoms with Gasteiger partial charge in [0.25, 0.3) is 0 Å². The van der Waals surface area contributed by atoms with Crippen LogP contribution in [0.3, 0.4) is 0 Å². The van der Waals surface area contributed by atoms with Crippen molar-refractivity contribution in [1.29, 1.82) is 5.26 Å². The third-order valence-corrected chi connectivity index (χ3v) is 3.03. The maximum absolute atomic E-state index is 10.6. The maximum atomic E-state index is 10.6. The zero-order valence-electron chi connectivity index (χ0n) is 12.4. The Morgan fingerprint density at radius 3 is 2.70 bits per heavy atom. The van der Waals surface area contributed by atoms with Crippen LogP contribution in [0.1, 0.15) is 16.8 Å². The number of hydrogen-bond acceptors (Lipinski definition) is 5. The van der Waals surface area contributed by atoms with Crippen molar-refractivity contribution in [2.24, 2.45) is 0 Å². The number of ether oxygens (including phenoxy) is 1. The number of hydrogen-bond donors (Lipinski definition) is 2. The highest BCUT2D eigenvalue weighted by atomic mass is 19.4. The van der Waals surface area contributed by atoms with E-state index in [4.69, 9.17) is 19.9 Å². The average molecular weight is 331 g/mol. The predicted octanol–water partition coefficient (Wildman–Crippen LogP) is 1.43. The smallest absolute Gasteiger partial charge is 0.475 e. The number of carbonyl (C=O) groups is 1. The summed E-state index contributed by atoms with van der Waals surface area (Å²) in [6, 6.07) is 3.87. The van der Waals surface area contributed by atoms with E-state index < -0.39 is 12.1 Å².